The van der Waals surface area contributed by atoms with E-state index in [1.54, 1.807) is 0 Å². The maximum atomic E-state index is 11.8. The van der Waals surface area contributed by atoms with Gasteiger partial charge >= 0.3 is 0 Å². The Balaban J connectivity index is 2.57. The van der Waals surface area contributed by atoms with Crippen LogP contribution in [0.5, 0.6) is 0 Å². The lowest BCUT2D eigenvalue weighted by Gasteiger charge is -2.44. The zero-order valence-electron chi connectivity index (χ0n) is 10.5. The van der Waals surface area contributed by atoms with Crippen LogP contribution in [0.25, 0.3) is 0 Å². The Morgan fingerprint density at radius 1 is 1.25 bits per heavy atom. The van der Waals surface area contributed by atoms with Gasteiger partial charge in [-0.05, 0) is 11.8 Å². The zero-order valence-corrected chi connectivity index (χ0v) is 11.3. The molecule has 0 amide bonds. The van der Waals surface area contributed by atoms with E-state index in [0.717, 1.165) is 0 Å². The first-order valence-electron chi connectivity index (χ1n) is 5.72. The summed E-state index contributed by atoms with van der Waals surface area (Å²) in [6, 6.07) is 0. The predicted octanol–water partition coefficient (Wildman–Crippen LogP) is 1.66. The van der Waals surface area contributed by atoms with Crippen LogP contribution in [-0.4, -0.2) is 34.0 Å². The predicted molar refractivity (Wildman–Crippen MR) is 62.7 cm³/mol. The third kappa shape index (κ3) is 3.43. The van der Waals surface area contributed by atoms with Crippen molar-refractivity contribution in [2.24, 2.45) is 17.3 Å². The average Bonchev–Trinajstić information content (AvgIpc) is 2.08. The summed E-state index contributed by atoms with van der Waals surface area (Å²) in [5, 5.41) is 0. The summed E-state index contributed by atoms with van der Waals surface area (Å²) in [5.41, 5.74) is -0.240. The first-order valence-corrected chi connectivity index (χ1v) is 7.30. The Hall–Kier alpha value is -0.130. The van der Waals surface area contributed by atoms with Gasteiger partial charge in [0.25, 0.3) is 10.1 Å². The van der Waals surface area contributed by atoms with Gasteiger partial charge in [0.1, 0.15) is 0 Å². The largest absolute Gasteiger partial charge is 0.380 e. The number of rotatable bonds is 6. The van der Waals surface area contributed by atoms with Gasteiger partial charge in [0.05, 0.1) is 25.6 Å². The minimum absolute atomic E-state index is 0.0738. The molecule has 1 aliphatic rings. The fraction of sp³-hybridized carbons (Fsp3) is 1.00. The van der Waals surface area contributed by atoms with E-state index in [-0.39, 0.29) is 23.7 Å². The molecule has 0 radical (unpaired) electrons. The van der Waals surface area contributed by atoms with Gasteiger partial charge in [-0.25, -0.2) is 0 Å². The smallest absolute Gasteiger partial charge is 0.268 e. The van der Waals surface area contributed by atoms with Gasteiger partial charge in [-0.2, -0.15) is 8.42 Å². The normalized spacial score (nSPS) is 20.1. The molecule has 0 bridgehead atoms. The Morgan fingerprint density at radius 3 is 2.12 bits per heavy atom. The molecule has 0 aromatic heterocycles. The van der Waals surface area contributed by atoms with Crippen molar-refractivity contribution in [2.75, 3.05) is 25.6 Å². The number of ether oxygens (including phenoxy) is 1. The molecule has 1 rings (SSSR count). The lowest BCUT2D eigenvalue weighted by atomic mass is 9.77. The first-order chi connectivity index (χ1) is 7.27. The molecule has 0 unspecified atom stereocenters. The molecule has 1 heterocycles. The highest BCUT2D eigenvalue weighted by Gasteiger charge is 2.45. The Kier molecular flexibility index (Phi) is 4.37. The molecule has 4 nitrogen and oxygen atoms in total. The summed E-state index contributed by atoms with van der Waals surface area (Å²) in [4.78, 5) is 0. The molecule has 0 spiro atoms. The average molecular weight is 250 g/mol. The maximum Gasteiger partial charge on any atom is 0.268 e. The molecule has 5 heteroatoms. The Morgan fingerprint density at radius 2 is 1.81 bits per heavy atom. The molecule has 1 aliphatic heterocycles. The number of hydrogen-bond acceptors (Lipinski definition) is 4. The topological polar surface area (TPSA) is 52.6 Å². The van der Waals surface area contributed by atoms with Gasteiger partial charge in [-0.1, -0.05) is 27.7 Å². The number of hydrogen-bond donors (Lipinski definition) is 0. The minimum atomic E-state index is -3.42. The molecule has 0 N–H and O–H groups in total. The van der Waals surface area contributed by atoms with Crippen molar-refractivity contribution in [3.63, 3.8) is 0 Å². The summed E-state index contributed by atoms with van der Waals surface area (Å²) in [5.74, 6) is 0.589. The molecular formula is C11H22O4S. The van der Waals surface area contributed by atoms with Crippen molar-refractivity contribution in [1.29, 1.82) is 0 Å². The van der Waals surface area contributed by atoms with Crippen LogP contribution in [0.3, 0.4) is 0 Å². The lowest BCUT2D eigenvalue weighted by Crippen LogP contribution is -2.51. The molecule has 1 fully saturated rings. The second kappa shape index (κ2) is 5.02. The van der Waals surface area contributed by atoms with E-state index < -0.39 is 10.1 Å². The van der Waals surface area contributed by atoms with Crippen LogP contribution in [0.15, 0.2) is 0 Å². The van der Waals surface area contributed by atoms with Crippen molar-refractivity contribution in [2.45, 2.75) is 27.7 Å². The van der Waals surface area contributed by atoms with E-state index in [0.29, 0.717) is 19.1 Å². The maximum absolute atomic E-state index is 11.8. The van der Waals surface area contributed by atoms with Gasteiger partial charge in [0.2, 0.25) is 0 Å². The SMILES string of the molecule is CC(C)COS(=O)(=O)CC1(C(C)C)COC1. The van der Waals surface area contributed by atoms with E-state index in [2.05, 4.69) is 0 Å². The molecule has 1 saturated heterocycles. The summed E-state index contributed by atoms with van der Waals surface area (Å²) < 4.78 is 33.7. The third-order valence-corrected chi connectivity index (χ3v) is 4.47. The summed E-state index contributed by atoms with van der Waals surface area (Å²) in [6.45, 7) is 9.22. The van der Waals surface area contributed by atoms with Crippen molar-refractivity contribution in [3.05, 3.63) is 0 Å². The fourth-order valence-corrected chi connectivity index (χ4v) is 3.35. The second-order valence-electron chi connectivity index (χ2n) is 5.39. The molecule has 0 aromatic rings. The van der Waals surface area contributed by atoms with Gasteiger partial charge < -0.3 is 4.74 Å². The van der Waals surface area contributed by atoms with Crippen LogP contribution in [0, 0.1) is 17.3 Å². The molecule has 96 valence electrons. The highest BCUT2D eigenvalue weighted by molar-refractivity contribution is 7.86. The quantitative estimate of drug-likeness (QED) is 0.673. The molecule has 0 saturated carbocycles. The minimum Gasteiger partial charge on any atom is -0.380 e. The lowest BCUT2D eigenvalue weighted by molar-refractivity contribution is -0.125. The van der Waals surface area contributed by atoms with Gasteiger partial charge in [0.15, 0.2) is 0 Å². The Labute approximate surface area is 98.4 Å². The van der Waals surface area contributed by atoms with Crippen LogP contribution < -0.4 is 0 Å². The van der Waals surface area contributed by atoms with Gasteiger partial charge in [0, 0.05) is 5.41 Å². The molecule has 0 atom stereocenters. The standard InChI is InChI=1S/C11H22O4S/c1-9(2)5-15-16(12,13)8-11(10(3)4)6-14-7-11/h9-10H,5-8H2,1-4H3. The van der Waals surface area contributed by atoms with E-state index in [1.165, 1.54) is 0 Å². The van der Waals surface area contributed by atoms with E-state index in [9.17, 15) is 8.42 Å². The molecule has 16 heavy (non-hydrogen) atoms. The van der Waals surface area contributed by atoms with E-state index in [1.807, 2.05) is 27.7 Å². The zero-order chi connectivity index (χ0) is 12.4. The van der Waals surface area contributed by atoms with Crippen LogP contribution >= 0.6 is 0 Å². The van der Waals surface area contributed by atoms with Crippen LogP contribution in [0.2, 0.25) is 0 Å². The monoisotopic (exact) mass is 250 g/mol. The van der Waals surface area contributed by atoms with Crippen LogP contribution in [0.1, 0.15) is 27.7 Å². The fourth-order valence-electron chi connectivity index (χ4n) is 1.58. The highest BCUT2D eigenvalue weighted by atomic mass is 32.2. The van der Waals surface area contributed by atoms with Crippen molar-refractivity contribution in [3.8, 4) is 0 Å². The summed E-state index contributed by atoms with van der Waals surface area (Å²) >= 11 is 0. The van der Waals surface area contributed by atoms with Crippen molar-refractivity contribution >= 4 is 10.1 Å². The second-order valence-corrected chi connectivity index (χ2v) is 7.03. The Bertz CT molecular complexity index is 315. The molecule has 0 aliphatic carbocycles. The van der Waals surface area contributed by atoms with E-state index in [4.69, 9.17) is 8.92 Å². The van der Waals surface area contributed by atoms with Crippen molar-refractivity contribution < 1.29 is 17.3 Å². The summed E-state index contributed by atoms with van der Waals surface area (Å²) in [6.07, 6.45) is 0. The van der Waals surface area contributed by atoms with Crippen LogP contribution in [-0.2, 0) is 19.0 Å². The molecule has 0 aromatic carbocycles. The van der Waals surface area contributed by atoms with E-state index >= 15 is 0 Å². The highest BCUT2D eigenvalue weighted by Crippen LogP contribution is 2.37. The van der Waals surface area contributed by atoms with Crippen LogP contribution in [0.4, 0.5) is 0 Å². The van der Waals surface area contributed by atoms with Gasteiger partial charge in [-0.3, -0.25) is 4.18 Å². The summed E-state index contributed by atoms with van der Waals surface area (Å²) in [7, 11) is -3.42. The third-order valence-electron chi connectivity index (χ3n) is 3.05. The first kappa shape index (κ1) is 13.9. The van der Waals surface area contributed by atoms with Crippen molar-refractivity contribution in [1.82, 2.24) is 0 Å². The van der Waals surface area contributed by atoms with Gasteiger partial charge in [-0.15, -0.1) is 0 Å². The molecular weight excluding hydrogens is 228 g/mol.